The SMILES string of the molecule is CCN(C)/C=N/c1cc(C)c(C2(OCc3ccc(F)c(Cl)c3)COC2)cc1F. The Morgan fingerprint density at radius 1 is 1.25 bits per heavy atom. The summed E-state index contributed by atoms with van der Waals surface area (Å²) in [5.41, 5.74) is 1.87. The molecule has 1 saturated heterocycles. The molecule has 4 nitrogen and oxygen atoms in total. The van der Waals surface area contributed by atoms with Crippen molar-refractivity contribution in [2.24, 2.45) is 4.99 Å². The molecule has 1 fully saturated rings. The first-order valence-electron chi connectivity index (χ1n) is 9.05. The molecule has 0 aliphatic carbocycles. The van der Waals surface area contributed by atoms with Gasteiger partial charge in [-0.2, -0.15) is 0 Å². The fourth-order valence-corrected chi connectivity index (χ4v) is 3.16. The van der Waals surface area contributed by atoms with Gasteiger partial charge in [-0.05, 0) is 54.8 Å². The Morgan fingerprint density at radius 2 is 2.00 bits per heavy atom. The number of nitrogens with zero attached hydrogens (tertiary/aromatic N) is 2. The van der Waals surface area contributed by atoms with Gasteiger partial charge in [0.1, 0.15) is 22.9 Å². The number of aryl methyl sites for hydroxylation is 1. The third kappa shape index (κ3) is 4.35. The van der Waals surface area contributed by atoms with E-state index in [-0.39, 0.29) is 17.3 Å². The van der Waals surface area contributed by atoms with Gasteiger partial charge in [-0.3, -0.25) is 0 Å². The van der Waals surface area contributed by atoms with Crippen LogP contribution < -0.4 is 0 Å². The largest absolute Gasteiger partial charge is 0.375 e. The van der Waals surface area contributed by atoms with Crippen molar-refractivity contribution in [3.8, 4) is 0 Å². The van der Waals surface area contributed by atoms with Gasteiger partial charge in [0.2, 0.25) is 0 Å². The summed E-state index contributed by atoms with van der Waals surface area (Å²) >= 11 is 5.83. The predicted octanol–water partition coefficient (Wildman–Crippen LogP) is 4.98. The summed E-state index contributed by atoms with van der Waals surface area (Å²) in [6, 6.07) is 7.62. The number of aliphatic imine (C=N–C) groups is 1. The van der Waals surface area contributed by atoms with E-state index in [4.69, 9.17) is 21.1 Å². The topological polar surface area (TPSA) is 34.1 Å². The van der Waals surface area contributed by atoms with Gasteiger partial charge in [0.05, 0.1) is 31.2 Å². The first kappa shape index (κ1) is 20.7. The Hall–Kier alpha value is -2.02. The third-order valence-corrected chi connectivity index (χ3v) is 5.14. The molecular formula is C21H23ClF2N2O2. The maximum atomic E-state index is 14.6. The van der Waals surface area contributed by atoms with E-state index in [0.29, 0.717) is 13.2 Å². The summed E-state index contributed by atoms with van der Waals surface area (Å²) in [4.78, 5) is 6.08. The van der Waals surface area contributed by atoms with Gasteiger partial charge >= 0.3 is 0 Å². The maximum absolute atomic E-state index is 14.6. The number of hydrogen-bond donors (Lipinski definition) is 0. The van der Waals surface area contributed by atoms with Crippen molar-refractivity contribution in [1.29, 1.82) is 0 Å². The highest BCUT2D eigenvalue weighted by molar-refractivity contribution is 6.30. The summed E-state index contributed by atoms with van der Waals surface area (Å²) in [7, 11) is 1.87. The van der Waals surface area contributed by atoms with E-state index in [1.54, 1.807) is 18.5 Å². The minimum Gasteiger partial charge on any atom is -0.375 e. The molecule has 1 aliphatic rings. The molecule has 0 radical (unpaired) electrons. The fourth-order valence-electron chi connectivity index (χ4n) is 2.95. The third-order valence-electron chi connectivity index (χ3n) is 4.85. The molecule has 0 amide bonds. The molecule has 0 saturated carbocycles. The molecule has 3 rings (SSSR count). The standard InChI is InChI=1S/C21H23ClF2N2O2/c1-4-26(3)13-25-20-7-14(2)16(9-19(20)24)21(11-27-12-21)28-10-15-5-6-18(23)17(22)8-15/h5-9,13H,4,10-12H2,1-3H3/b25-13+. The smallest absolute Gasteiger partial charge is 0.149 e. The van der Waals surface area contributed by atoms with E-state index < -0.39 is 17.2 Å². The van der Waals surface area contributed by atoms with E-state index in [2.05, 4.69) is 4.99 Å². The second-order valence-electron chi connectivity index (χ2n) is 6.96. The van der Waals surface area contributed by atoms with Crippen LogP contribution in [0.3, 0.4) is 0 Å². The van der Waals surface area contributed by atoms with Crippen molar-refractivity contribution in [3.05, 3.63) is 63.7 Å². The maximum Gasteiger partial charge on any atom is 0.149 e. The molecule has 1 aliphatic heterocycles. The van der Waals surface area contributed by atoms with Crippen molar-refractivity contribution in [2.45, 2.75) is 26.1 Å². The number of halogens is 3. The van der Waals surface area contributed by atoms with E-state index in [1.165, 1.54) is 18.2 Å². The highest BCUT2D eigenvalue weighted by Gasteiger charge is 2.43. The van der Waals surface area contributed by atoms with Crippen LogP contribution in [0.25, 0.3) is 0 Å². The minimum absolute atomic E-state index is 0.0431. The minimum atomic E-state index is -0.742. The van der Waals surface area contributed by atoms with Crippen LogP contribution in [0.15, 0.2) is 35.3 Å². The number of hydrogen-bond acceptors (Lipinski definition) is 3. The number of ether oxygens (including phenoxy) is 2. The molecule has 0 aromatic heterocycles. The van der Waals surface area contributed by atoms with Crippen LogP contribution in [0.4, 0.5) is 14.5 Å². The van der Waals surface area contributed by atoms with Gasteiger partial charge in [0.25, 0.3) is 0 Å². The molecule has 0 spiro atoms. The lowest BCUT2D eigenvalue weighted by atomic mass is 9.87. The van der Waals surface area contributed by atoms with E-state index in [1.807, 2.05) is 25.8 Å². The Balaban J connectivity index is 1.82. The van der Waals surface area contributed by atoms with Crippen LogP contribution in [0, 0.1) is 18.6 Å². The summed E-state index contributed by atoms with van der Waals surface area (Å²) in [6.45, 7) is 5.53. The lowest BCUT2D eigenvalue weighted by Gasteiger charge is -2.42. The van der Waals surface area contributed by atoms with Gasteiger partial charge < -0.3 is 14.4 Å². The van der Waals surface area contributed by atoms with E-state index in [0.717, 1.165) is 23.2 Å². The van der Waals surface area contributed by atoms with Crippen LogP contribution in [0.5, 0.6) is 0 Å². The first-order chi connectivity index (χ1) is 13.3. The van der Waals surface area contributed by atoms with Crippen LogP contribution >= 0.6 is 11.6 Å². The molecule has 2 aromatic rings. The highest BCUT2D eigenvalue weighted by Crippen LogP contribution is 2.39. The van der Waals surface area contributed by atoms with Gasteiger partial charge in [0, 0.05) is 13.6 Å². The molecule has 7 heteroatoms. The Bertz CT molecular complexity index is 885. The van der Waals surface area contributed by atoms with Crippen LogP contribution in [0.1, 0.15) is 23.6 Å². The summed E-state index contributed by atoms with van der Waals surface area (Å²) in [5.74, 6) is -0.893. The first-order valence-corrected chi connectivity index (χ1v) is 9.43. The van der Waals surface area contributed by atoms with E-state index >= 15 is 0 Å². The molecule has 1 heterocycles. The zero-order valence-corrected chi connectivity index (χ0v) is 16.9. The average molecular weight is 409 g/mol. The molecule has 0 atom stereocenters. The lowest BCUT2D eigenvalue weighted by Crippen LogP contribution is -2.49. The monoisotopic (exact) mass is 408 g/mol. The van der Waals surface area contributed by atoms with Gasteiger partial charge in [0.15, 0.2) is 0 Å². The average Bonchev–Trinajstić information content (AvgIpc) is 2.64. The van der Waals surface area contributed by atoms with Crippen LogP contribution in [-0.2, 0) is 21.7 Å². The predicted molar refractivity (Wildman–Crippen MR) is 106 cm³/mol. The second kappa shape index (κ2) is 8.55. The van der Waals surface area contributed by atoms with Crippen LogP contribution in [0.2, 0.25) is 5.02 Å². The van der Waals surface area contributed by atoms with Crippen molar-refractivity contribution in [2.75, 3.05) is 26.8 Å². The molecule has 2 aromatic carbocycles. The normalized spacial score (nSPS) is 15.6. The zero-order chi connectivity index (χ0) is 20.3. The van der Waals surface area contributed by atoms with Gasteiger partial charge in [-0.1, -0.05) is 17.7 Å². The van der Waals surface area contributed by atoms with Crippen molar-refractivity contribution in [3.63, 3.8) is 0 Å². The van der Waals surface area contributed by atoms with Crippen molar-refractivity contribution < 1.29 is 18.3 Å². The quantitative estimate of drug-likeness (QED) is 0.478. The fraction of sp³-hybridized carbons (Fsp3) is 0.381. The van der Waals surface area contributed by atoms with Gasteiger partial charge in [-0.25, -0.2) is 13.8 Å². The molecule has 28 heavy (non-hydrogen) atoms. The summed E-state index contributed by atoms with van der Waals surface area (Å²) in [6.07, 6.45) is 1.61. The zero-order valence-electron chi connectivity index (χ0n) is 16.1. The lowest BCUT2D eigenvalue weighted by molar-refractivity contribution is -0.223. The molecule has 0 unspecified atom stereocenters. The van der Waals surface area contributed by atoms with Crippen molar-refractivity contribution in [1.82, 2.24) is 4.90 Å². The molecule has 0 bridgehead atoms. The Morgan fingerprint density at radius 3 is 2.61 bits per heavy atom. The highest BCUT2D eigenvalue weighted by atomic mass is 35.5. The molecule has 0 N–H and O–H groups in total. The summed E-state index contributed by atoms with van der Waals surface area (Å²) in [5, 5.41) is 0.0431. The van der Waals surface area contributed by atoms with E-state index in [9.17, 15) is 8.78 Å². The van der Waals surface area contributed by atoms with Gasteiger partial charge in [-0.15, -0.1) is 0 Å². The Kier molecular flexibility index (Phi) is 6.33. The number of rotatable bonds is 7. The summed E-state index contributed by atoms with van der Waals surface area (Å²) < 4.78 is 39.5. The van der Waals surface area contributed by atoms with Crippen LogP contribution in [-0.4, -0.2) is 38.0 Å². The second-order valence-corrected chi connectivity index (χ2v) is 7.37. The molecular weight excluding hydrogens is 386 g/mol. The Labute approximate surface area is 168 Å². The number of benzene rings is 2. The van der Waals surface area contributed by atoms with Crippen molar-refractivity contribution >= 4 is 23.6 Å². The molecule has 150 valence electrons.